The van der Waals surface area contributed by atoms with E-state index in [-0.39, 0.29) is 68.5 Å². The molecule has 3 heterocycles. The number of piperazine rings is 1. The average Bonchev–Trinajstić information content (AvgIpc) is 3.56. The molecule has 14 heteroatoms. The third kappa shape index (κ3) is 6.25. The molecule has 2 aliphatic heterocycles. The summed E-state index contributed by atoms with van der Waals surface area (Å²) in [5.41, 5.74) is -0.136. The van der Waals surface area contributed by atoms with Gasteiger partial charge in [0.2, 0.25) is 5.91 Å². The Hall–Kier alpha value is -4.23. The lowest BCUT2D eigenvalue weighted by Gasteiger charge is -2.37. The Balaban J connectivity index is 1.15. The fraction of sp³-hybridized carbons (Fsp3) is 0.519. The summed E-state index contributed by atoms with van der Waals surface area (Å²) in [7, 11) is 1.26. The highest BCUT2D eigenvalue weighted by molar-refractivity contribution is 5.96. The van der Waals surface area contributed by atoms with Gasteiger partial charge < -0.3 is 29.1 Å². The van der Waals surface area contributed by atoms with Gasteiger partial charge in [0.1, 0.15) is 23.6 Å². The predicted octanol–water partition coefficient (Wildman–Crippen LogP) is 2.58. The SMILES string of the molecule is COC(=O)CC[C@H]1CN(c2cc(F)c(N3CCN(C(=O)[C@H](C)NC(=O)c4cc(C5CC5)on4)CC3)c(F)c2)C(=O)O1. The number of carbonyl (C=O) groups excluding carboxylic acids is 4. The zero-order valence-corrected chi connectivity index (χ0v) is 22.7. The summed E-state index contributed by atoms with van der Waals surface area (Å²) < 4.78 is 45.3. The van der Waals surface area contributed by atoms with E-state index in [0.717, 1.165) is 29.9 Å². The number of hydrogen-bond donors (Lipinski definition) is 1. The van der Waals surface area contributed by atoms with E-state index in [4.69, 9.17) is 9.26 Å². The molecule has 1 aliphatic carbocycles. The number of ether oxygens (including phenoxy) is 2. The quantitative estimate of drug-likeness (QED) is 0.448. The second kappa shape index (κ2) is 11.7. The first-order valence-corrected chi connectivity index (χ1v) is 13.5. The Bertz CT molecular complexity index is 1320. The van der Waals surface area contributed by atoms with Gasteiger partial charge in [-0.2, -0.15) is 0 Å². The normalized spacial score (nSPS) is 19.7. The van der Waals surface area contributed by atoms with Crippen molar-refractivity contribution in [1.29, 1.82) is 0 Å². The highest BCUT2D eigenvalue weighted by atomic mass is 19.1. The number of halogens is 2. The van der Waals surface area contributed by atoms with Crippen LogP contribution in [0.5, 0.6) is 0 Å². The fourth-order valence-corrected chi connectivity index (χ4v) is 4.99. The summed E-state index contributed by atoms with van der Waals surface area (Å²) in [6.45, 7) is 2.31. The van der Waals surface area contributed by atoms with Crippen LogP contribution in [0.2, 0.25) is 0 Å². The topological polar surface area (TPSA) is 135 Å². The Kier molecular flexibility index (Phi) is 8.08. The van der Waals surface area contributed by atoms with E-state index in [1.165, 1.54) is 16.9 Å². The highest BCUT2D eigenvalue weighted by Crippen LogP contribution is 2.40. The van der Waals surface area contributed by atoms with Gasteiger partial charge in [-0.05, 0) is 26.2 Å². The molecule has 2 aromatic rings. The van der Waals surface area contributed by atoms with Gasteiger partial charge in [0.15, 0.2) is 17.3 Å². The largest absolute Gasteiger partial charge is 0.469 e. The van der Waals surface area contributed by atoms with Gasteiger partial charge >= 0.3 is 12.1 Å². The van der Waals surface area contributed by atoms with E-state index in [9.17, 15) is 19.2 Å². The van der Waals surface area contributed by atoms with Crippen LogP contribution >= 0.6 is 0 Å². The number of cyclic esters (lactones) is 1. The summed E-state index contributed by atoms with van der Waals surface area (Å²) in [5, 5.41) is 6.42. The summed E-state index contributed by atoms with van der Waals surface area (Å²) in [6, 6.07) is 2.89. The van der Waals surface area contributed by atoms with Crippen molar-refractivity contribution in [3.63, 3.8) is 0 Å². The molecular formula is C27H31F2N5O7. The Morgan fingerprint density at radius 2 is 1.80 bits per heavy atom. The number of anilines is 2. The summed E-state index contributed by atoms with van der Waals surface area (Å²) in [6.07, 6.45) is 0.912. The van der Waals surface area contributed by atoms with E-state index >= 15 is 8.78 Å². The molecule has 3 fully saturated rings. The molecule has 5 rings (SSSR count). The highest BCUT2D eigenvalue weighted by Gasteiger charge is 2.35. The summed E-state index contributed by atoms with van der Waals surface area (Å²) in [4.78, 5) is 53.2. The van der Waals surface area contributed by atoms with Gasteiger partial charge in [-0.3, -0.25) is 19.3 Å². The molecule has 3 aliphatic rings. The van der Waals surface area contributed by atoms with Gasteiger partial charge in [0, 0.05) is 56.7 Å². The first-order chi connectivity index (χ1) is 19.6. The van der Waals surface area contributed by atoms with Crippen molar-refractivity contribution >= 4 is 35.3 Å². The molecule has 2 saturated heterocycles. The third-order valence-electron chi connectivity index (χ3n) is 7.45. The number of methoxy groups -OCH3 is 1. The number of rotatable bonds is 9. The Morgan fingerprint density at radius 3 is 2.44 bits per heavy atom. The zero-order valence-electron chi connectivity index (χ0n) is 22.7. The van der Waals surface area contributed by atoms with E-state index < -0.39 is 41.7 Å². The van der Waals surface area contributed by atoms with Crippen molar-refractivity contribution in [2.24, 2.45) is 0 Å². The maximum absolute atomic E-state index is 15.2. The number of amides is 3. The van der Waals surface area contributed by atoms with Crippen molar-refractivity contribution in [1.82, 2.24) is 15.4 Å². The molecule has 1 N–H and O–H groups in total. The molecule has 1 saturated carbocycles. The van der Waals surface area contributed by atoms with Gasteiger partial charge in [-0.1, -0.05) is 5.16 Å². The second-order valence-corrected chi connectivity index (χ2v) is 10.4. The maximum atomic E-state index is 15.2. The van der Waals surface area contributed by atoms with Crippen LogP contribution in [0.4, 0.5) is 25.0 Å². The third-order valence-corrected chi connectivity index (χ3v) is 7.45. The summed E-state index contributed by atoms with van der Waals surface area (Å²) in [5.74, 6) is -2.03. The van der Waals surface area contributed by atoms with Crippen molar-refractivity contribution in [2.45, 2.75) is 50.7 Å². The predicted molar refractivity (Wildman–Crippen MR) is 139 cm³/mol. The van der Waals surface area contributed by atoms with Crippen LogP contribution in [0.3, 0.4) is 0 Å². The van der Waals surface area contributed by atoms with E-state index in [2.05, 4.69) is 15.2 Å². The molecule has 41 heavy (non-hydrogen) atoms. The van der Waals surface area contributed by atoms with E-state index in [1.807, 2.05) is 0 Å². The van der Waals surface area contributed by atoms with Crippen LogP contribution in [-0.4, -0.2) is 85.9 Å². The minimum absolute atomic E-state index is 0.00376. The lowest BCUT2D eigenvalue weighted by Crippen LogP contribution is -2.54. The van der Waals surface area contributed by atoms with Crippen LogP contribution in [0.1, 0.15) is 54.8 Å². The van der Waals surface area contributed by atoms with Gasteiger partial charge in [0.05, 0.1) is 19.3 Å². The first-order valence-electron chi connectivity index (χ1n) is 13.5. The molecule has 0 bridgehead atoms. The van der Waals surface area contributed by atoms with Crippen molar-refractivity contribution < 1.29 is 42.0 Å². The van der Waals surface area contributed by atoms with Crippen molar-refractivity contribution in [3.8, 4) is 0 Å². The monoisotopic (exact) mass is 575 g/mol. The molecule has 0 spiro atoms. The molecule has 1 aromatic heterocycles. The second-order valence-electron chi connectivity index (χ2n) is 10.4. The molecule has 0 unspecified atom stereocenters. The van der Waals surface area contributed by atoms with Crippen molar-refractivity contribution in [2.75, 3.05) is 49.6 Å². The standard InChI is InChI=1S/C27H31F2N5O7/c1-15(30-25(36)21-13-22(41-31-21)16-3-4-16)26(37)33-9-7-32(8-10-33)24-19(28)11-17(12-20(24)29)34-14-18(40-27(34)38)5-6-23(35)39-2/h11-13,15-16,18H,3-10,14H2,1-2H3,(H,30,36)/t15-,18-/m0/s1. The van der Waals surface area contributed by atoms with E-state index in [0.29, 0.717) is 11.7 Å². The Morgan fingerprint density at radius 1 is 1.12 bits per heavy atom. The number of hydrogen-bond acceptors (Lipinski definition) is 9. The molecule has 3 amide bonds. The van der Waals surface area contributed by atoms with Gasteiger partial charge in [0.25, 0.3) is 5.91 Å². The molecule has 220 valence electrons. The van der Waals surface area contributed by atoms with Gasteiger partial charge in [-0.15, -0.1) is 0 Å². The Labute approximate surface area is 234 Å². The molecule has 0 radical (unpaired) electrons. The summed E-state index contributed by atoms with van der Waals surface area (Å²) >= 11 is 0. The molecule has 2 atom stereocenters. The number of benzene rings is 1. The van der Waals surface area contributed by atoms with Crippen molar-refractivity contribution in [3.05, 3.63) is 41.3 Å². The average molecular weight is 576 g/mol. The van der Waals surface area contributed by atoms with Crippen LogP contribution in [0.25, 0.3) is 0 Å². The lowest BCUT2D eigenvalue weighted by molar-refractivity contribution is -0.141. The van der Waals surface area contributed by atoms with Crippen LogP contribution in [-0.2, 0) is 19.1 Å². The first kappa shape index (κ1) is 28.3. The number of nitrogens with zero attached hydrogens (tertiary/aromatic N) is 4. The minimum atomic E-state index is -0.857. The van der Waals surface area contributed by atoms with Gasteiger partial charge in [-0.25, -0.2) is 13.6 Å². The zero-order chi connectivity index (χ0) is 29.3. The molecular weight excluding hydrogens is 544 g/mol. The maximum Gasteiger partial charge on any atom is 0.414 e. The fourth-order valence-electron chi connectivity index (χ4n) is 4.99. The smallest absolute Gasteiger partial charge is 0.414 e. The number of nitrogens with one attached hydrogen (secondary N) is 1. The van der Waals surface area contributed by atoms with Crippen LogP contribution < -0.4 is 15.1 Å². The lowest BCUT2D eigenvalue weighted by atomic mass is 10.1. The van der Waals surface area contributed by atoms with Crippen LogP contribution in [0, 0.1) is 11.6 Å². The molecule has 12 nitrogen and oxygen atoms in total. The number of carbonyl (C=O) groups is 4. The van der Waals surface area contributed by atoms with E-state index in [1.54, 1.807) is 13.0 Å². The number of esters is 1. The number of aromatic nitrogens is 1. The minimum Gasteiger partial charge on any atom is -0.469 e. The molecule has 1 aromatic carbocycles. The van der Waals surface area contributed by atoms with Crippen LogP contribution in [0.15, 0.2) is 22.7 Å².